The van der Waals surface area contributed by atoms with Crippen molar-refractivity contribution in [2.24, 2.45) is 5.92 Å². The topological polar surface area (TPSA) is 27.0 Å². The van der Waals surface area contributed by atoms with Crippen molar-refractivity contribution in [3.63, 3.8) is 0 Å². The minimum absolute atomic E-state index is 0.143. The molecular formula is C12H16N2S. The van der Waals surface area contributed by atoms with Crippen LogP contribution >= 0.6 is 11.3 Å². The van der Waals surface area contributed by atoms with E-state index in [1.165, 1.54) is 18.4 Å². The molecule has 1 aromatic heterocycles. The fraction of sp³-hybridized carbons (Fsp3) is 0.583. The first kappa shape index (κ1) is 10.7. The third-order valence-corrected chi connectivity index (χ3v) is 3.49. The average Bonchev–Trinajstić information content (AvgIpc) is 2.97. The van der Waals surface area contributed by atoms with Gasteiger partial charge in [0.2, 0.25) is 0 Å². The highest BCUT2D eigenvalue weighted by Gasteiger charge is 2.29. The Balaban J connectivity index is 1.92. The molecule has 1 unspecified atom stereocenters. The molecule has 2 nitrogen and oxygen atoms in total. The predicted octanol–water partition coefficient (Wildman–Crippen LogP) is 2.87. The molecule has 0 N–H and O–H groups in total. The normalized spacial score (nSPS) is 17.7. The van der Waals surface area contributed by atoms with Crippen molar-refractivity contribution in [2.75, 3.05) is 6.54 Å². The van der Waals surface area contributed by atoms with Gasteiger partial charge in [-0.2, -0.15) is 16.6 Å². The SMILES string of the molecule is CC(C#N)CN(Cc1ccsc1)C1CC1. The summed E-state index contributed by atoms with van der Waals surface area (Å²) in [6, 6.07) is 5.23. The van der Waals surface area contributed by atoms with Gasteiger partial charge in [-0.3, -0.25) is 4.90 Å². The molecule has 0 radical (unpaired) electrons. The van der Waals surface area contributed by atoms with E-state index in [4.69, 9.17) is 5.26 Å². The summed E-state index contributed by atoms with van der Waals surface area (Å²) in [5.74, 6) is 0.143. The van der Waals surface area contributed by atoms with Gasteiger partial charge in [0.25, 0.3) is 0 Å². The van der Waals surface area contributed by atoms with Gasteiger partial charge in [-0.25, -0.2) is 0 Å². The van der Waals surface area contributed by atoms with E-state index in [1.807, 2.05) is 6.92 Å². The van der Waals surface area contributed by atoms with Crippen molar-refractivity contribution < 1.29 is 0 Å². The van der Waals surface area contributed by atoms with Gasteiger partial charge in [0.1, 0.15) is 0 Å². The quantitative estimate of drug-likeness (QED) is 0.763. The molecule has 0 spiro atoms. The molecule has 1 atom stereocenters. The molecule has 1 aliphatic carbocycles. The van der Waals surface area contributed by atoms with Crippen LogP contribution in [0.1, 0.15) is 25.3 Å². The molecular weight excluding hydrogens is 204 g/mol. The van der Waals surface area contributed by atoms with Crippen LogP contribution in [0.5, 0.6) is 0 Å². The summed E-state index contributed by atoms with van der Waals surface area (Å²) in [5, 5.41) is 13.2. The van der Waals surface area contributed by atoms with Crippen molar-refractivity contribution in [3.05, 3.63) is 22.4 Å². The van der Waals surface area contributed by atoms with Crippen LogP contribution < -0.4 is 0 Å². The molecule has 15 heavy (non-hydrogen) atoms. The van der Waals surface area contributed by atoms with Gasteiger partial charge in [-0.05, 0) is 42.2 Å². The molecule has 3 heteroatoms. The van der Waals surface area contributed by atoms with Gasteiger partial charge in [-0.1, -0.05) is 0 Å². The fourth-order valence-electron chi connectivity index (χ4n) is 1.79. The summed E-state index contributed by atoms with van der Waals surface area (Å²) >= 11 is 1.75. The van der Waals surface area contributed by atoms with Gasteiger partial charge in [0.05, 0.1) is 12.0 Å². The number of thiophene rings is 1. The van der Waals surface area contributed by atoms with Gasteiger partial charge < -0.3 is 0 Å². The molecule has 1 saturated carbocycles. The van der Waals surface area contributed by atoms with Crippen LogP contribution in [-0.2, 0) is 6.54 Å². The van der Waals surface area contributed by atoms with E-state index in [0.29, 0.717) is 0 Å². The number of nitriles is 1. The molecule has 1 aromatic rings. The molecule has 0 saturated heterocycles. The van der Waals surface area contributed by atoms with E-state index in [-0.39, 0.29) is 5.92 Å². The Kier molecular flexibility index (Phi) is 3.40. The highest BCUT2D eigenvalue weighted by atomic mass is 32.1. The van der Waals surface area contributed by atoms with E-state index in [1.54, 1.807) is 11.3 Å². The van der Waals surface area contributed by atoms with E-state index in [2.05, 4.69) is 27.8 Å². The molecule has 0 bridgehead atoms. The summed E-state index contributed by atoms with van der Waals surface area (Å²) in [6.45, 7) is 3.93. The van der Waals surface area contributed by atoms with Crippen LogP contribution in [-0.4, -0.2) is 17.5 Å². The Morgan fingerprint density at radius 3 is 3.00 bits per heavy atom. The molecule has 1 aliphatic rings. The molecule has 0 amide bonds. The van der Waals surface area contributed by atoms with Gasteiger partial charge in [0.15, 0.2) is 0 Å². The maximum atomic E-state index is 8.84. The zero-order valence-electron chi connectivity index (χ0n) is 9.02. The zero-order chi connectivity index (χ0) is 10.7. The fourth-order valence-corrected chi connectivity index (χ4v) is 2.45. The smallest absolute Gasteiger partial charge is 0.0666 e. The van der Waals surface area contributed by atoms with Crippen LogP contribution in [0.15, 0.2) is 16.8 Å². The van der Waals surface area contributed by atoms with Crippen LogP contribution in [0.3, 0.4) is 0 Å². The summed E-state index contributed by atoms with van der Waals surface area (Å²) in [5.41, 5.74) is 1.39. The standard InChI is InChI=1S/C12H16N2S/c1-10(6-13)7-14(12-2-3-12)8-11-4-5-15-9-11/h4-5,9-10,12H,2-3,7-8H2,1H3. The van der Waals surface area contributed by atoms with E-state index >= 15 is 0 Å². The van der Waals surface area contributed by atoms with Crippen molar-refractivity contribution in [3.8, 4) is 6.07 Å². The Bertz CT molecular complexity index is 335. The maximum absolute atomic E-state index is 8.84. The van der Waals surface area contributed by atoms with E-state index in [0.717, 1.165) is 19.1 Å². The highest BCUT2D eigenvalue weighted by molar-refractivity contribution is 7.07. The lowest BCUT2D eigenvalue weighted by Gasteiger charge is -2.22. The van der Waals surface area contributed by atoms with Crippen LogP contribution in [0.25, 0.3) is 0 Å². The summed E-state index contributed by atoms with van der Waals surface area (Å²) in [7, 11) is 0. The lowest BCUT2D eigenvalue weighted by atomic mass is 10.2. The molecule has 1 fully saturated rings. The summed E-state index contributed by atoms with van der Waals surface area (Å²) in [4.78, 5) is 2.45. The first-order chi connectivity index (χ1) is 7.29. The number of nitrogens with zero attached hydrogens (tertiary/aromatic N) is 2. The largest absolute Gasteiger partial charge is 0.295 e. The third-order valence-electron chi connectivity index (χ3n) is 2.76. The van der Waals surface area contributed by atoms with Crippen molar-refractivity contribution in [2.45, 2.75) is 32.4 Å². The van der Waals surface area contributed by atoms with Crippen LogP contribution in [0.4, 0.5) is 0 Å². The Labute approximate surface area is 95.1 Å². The number of hydrogen-bond donors (Lipinski definition) is 0. The van der Waals surface area contributed by atoms with Crippen molar-refractivity contribution in [1.82, 2.24) is 4.90 Å². The number of rotatable bonds is 5. The second-order valence-electron chi connectivity index (χ2n) is 4.32. The molecule has 0 aromatic carbocycles. The minimum Gasteiger partial charge on any atom is -0.295 e. The monoisotopic (exact) mass is 220 g/mol. The molecule has 0 aliphatic heterocycles. The Hall–Kier alpha value is -0.850. The molecule has 80 valence electrons. The Morgan fingerprint density at radius 2 is 2.47 bits per heavy atom. The Morgan fingerprint density at radius 1 is 1.67 bits per heavy atom. The van der Waals surface area contributed by atoms with Gasteiger partial charge in [0, 0.05) is 19.1 Å². The van der Waals surface area contributed by atoms with Crippen LogP contribution in [0.2, 0.25) is 0 Å². The van der Waals surface area contributed by atoms with Crippen molar-refractivity contribution in [1.29, 1.82) is 5.26 Å². The molecule has 1 heterocycles. The third kappa shape index (κ3) is 3.05. The van der Waals surface area contributed by atoms with Gasteiger partial charge in [-0.15, -0.1) is 0 Å². The predicted molar refractivity (Wildman–Crippen MR) is 62.5 cm³/mol. The lowest BCUT2D eigenvalue weighted by molar-refractivity contribution is 0.237. The minimum atomic E-state index is 0.143. The van der Waals surface area contributed by atoms with Crippen LogP contribution in [0, 0.1) is 17.2 Å². The second kappa shape index (κ2) is 4.78. The van der Waals surface area contributed by atoms with Crippen molar-refractivity contribution >= 4 is 11.3 Å². The average molecular weight is 220 g/mol. The maximum Gasteiger partial charge on any atom is 0.0666 e. The summed E-state index contributed by atoms with van der Waals surface area (Å²) in [6.07, 6.45) is 2.62. The highest BCUT2D eigenvalue weighted by Crippen LogP contribution is 2.29. The second-order valence-corrected chi connectivity index (χ2v) is 5.10. The zero-order valence-corrected chi connectivity index (χ0v) is 9.83. The first-order valence-electron chi connectivity index (χ1n) is 5.44. The lowest BCUT2D eigenvalue weighted by Crippen LogP contribution is -2.29. The molecule has 2 rings (SSSR count). The summed E-state index contributed by atoms with van der Waals surface area (Å²) < 4.78 is 0. The van der Waals surface area contributed by atoms with E-state index < -0.39 is 0 Å². The van der Waals surface area contributed by atoms with E-state index in [9.17, 15) is 0 Å². The number of hydrogen-bond acceptors (Lipinski definition) is 3. The van der Waals surface area contributed by atoms with Gasteiger partial charge >= 0.3 is 0 Å². The first-order valence-corrected chi connectivity index (χ1v) is 6.38.